The fraction of sp³-hybridized carbons (Fsp3) is 0.280. The Morgan fingerprint density at radius 2 is 2.03 bits per heavy atom. The van der Waals surface area contributed by atoms with Crippen molar-refractivity contribution < 1.29 is 9.53 Å². The molecule has 1 aliphatic heterocycles. The lowest BCUT2D eigenvalue weighted by molar-refractivity contribution is 0.102. The third-order valence-corrected chi connectivity index (χ3v) is 6.19. The minimum absolute atomic E-state index is 0.175. The van der Waals surface area contributed by atoms with Crippen LogP contribution in [-0.2, 0) is 0 Å². The number of benzene rings is 3. The second-order valence-corrected chi connectivity index (χ2v) is 8.17. The molecular weight excluding hydrogens is 388 g/mol. The van der Waals surface area contributed by atoms with Crippen molar-refractivity contribution in [1.82, 2.24) is 15.1 Å². The lowest BCUT2D eigenvalue weighted by atomic mass is 10.0. The van der Waals surface area contributed by atoms with Crippen molar-refractivity contribution in [1.29, 1.82) is 0 Å². The van der Waals surface area contributed by atoms with Gasteiger partial charge in [0, 0.05) is 23.1 Å². The minimum atomic E-state index is -0.175. The number of rotatable bonds is 6. The van der Waals surface area contributed by atoms with Gasteiger partial charge >= 0.3 is 0 Å². The normalized spacial score (nSPS) is 16.7. The van der Waals surface area contributed by atoms with E-state index in [9.17, 15) is 4.79 Å². The molecule has 0 radical (unpaired) electrons. The zero-order valence-corrected chi connectivity index (χ0v) is 17.6. The maximum atomic E-state index is 12.9. The number of carbonyl (C=O) groups excluding carboxylic acids is 1. The summed E-state index contributed by atoms with van der Waals surface area (Å²) in [4.78, 5) is 15.3. The van der Waals surface area contributed by atoms with Crippen molar-refractivity contribution >= 4 is 33.4 Å². The predicted molar refractivity (Wildman–Crippen MR) is 124 cm³/mol. The number of aromatic nitrogens is 2. The van der Waals surface area contributed by atoms with Crippen LogP contribution in [0.4, 0.5) is 5.82 Å². The van der Waals surface area contributed by atoms with Crippen LogP contribution in [0.15, 0.2) is 60.7 Å². The van der Waals surface area contributed by atoms with Gasteiger partial charge in [-0.15, -0.1) is 0 Å². The fourth-order valence-corrected chi connectivity index (χ4v) is 4.44. The molecule has 2 N–H and O–H groups in total. The first-order chi connectivity index (χ1) is 15.2. The van der Waals surface area contributed by atoms with E-state index >= 15 is 0 Å². The van der Waals surface area contributed by atoms with Crippen LogP contribution in [0, 0.1) is 0 Å². The third-order valence-electron chi connectivity index (χ3n) is 6.19. The van der Waals surface area contributed by atoms with E-state index in [4.69, 9.17) is 4.74 Å². The Bertz CT molecular complexity index is 1230. The molecule has 1 unspecified atom stereocenters. The number of carbonyl (C=O) groups is 1. The second kappa shape index (κ2) is 8.40. The van der Waals surface area contributed by atoms with Crippen molar-refractivity contribution in [2.24, 2.45) is 0 Å². The molecule has 1 aliphatic rings. The number of anilines is 1. The number of nitrogens with zero attached hydrogens (tertiary/aromatic N) is 2. The quantitative estimate of drug-likeness (QED) is 0.474. The van der Waals surface area contributed by atoms with Crippen LogP contribution >= 0.6 is 0 Å². The van der Waals surface area contributed by atoms with Gasteiger partial charge in [0.05, 0.1) is 12.1 Å². The number of likely N-dealkylation sites (tertiary alicyclic amines) is 1. The van der Waals surface area contributed by atoms with Gasteiger partial charge in [-0.25, -0.2) is 0 Å². The summed E-state index contributed by atoms with van der Waals surface area (Å²) in [6, 6.07) is 20.0. The summed E-state index contributed by atoms with van der Waals surface area (Å²) >= 11 is 0. The van der Waals surface area contributed by atoms with Crippen LogP contribution in [0.3, 0.4) is 0 Å². The highest BCUT2D eigenvalue weighted by Gasteiger charge is 2.20. The van der Waals surface area contributed by atoms with Crippen molar-refractivity contribution in [3.8, 4) is 5.75 Å². The lowest BCUT2D eigenvalue weighted by Crippen LogP contribution is -2.26. The molecule has 1 saturated heterocycles. The molecule has 6 nitrogen and oxygen atoms in total. The summed E-state index contributed by atoms with van der Waals surface area (Å²) < 4.78 is 5.97. The van der Waals surface area contributed by atoms with Gasteiger partial charge in [0.2, 0.25) is 0 Å². The maximum Gasteiger partial charge on any atom is 0.257 e. The van der Waals surface area contributed by atoms with E-state index in [1.807, 2.05) is 60.7 Å². The van der Waals surface area contributed by atoms with Crippen LogP contribution in [0.1, 0.15) is 29.6 Å². The average molecular weight is 415 g/mol. The fourth-order valence-electron chi connectivity index (χ4n) is 4.44. The van der Waals surface area contributed by atoms with Gasteiger partial charge in [-0.05, 0) is 61.8 Å². The molecule has 0 saturated carbocycles. The first-order valence-corrected chi connectivity index (χ1v) is 10.8. The summed E-state index contributed by atoms with van der Waals surface area (Å²) in [5, 5.41) is 13.1. The third kappa shape index (κ3) is 3.99. The molecule has 4 aromatic rings. The molecule has 6 heteroatoms. The van der Waals surface area contributed by atoms with Gasteiger partial charge in [0.1, 0.15) is 5.75 Å². The summed E-state index contributed by atoms with van der Waals surface area (Å²) in [5.41, 5.74) is 1.47. The number of ether oxygens (including phenoxy) is 1. The van der Waals surface area contributed by atoms with Crippen LogP contribution < -0.4 is 10.1 Å². The molecule has 1 amide bonds. The number of aromatic amines is 1. The van der Waals surface area contributed by atoms with E-state index in [1.54, 1.807) is 0 Å². The van der Waals surface area contributed by atoms with Crippen molar-refractivity contribution in [3.63, 3.8) is 0 Å². The molecule has 2 heterocycles. The maximum absolute atomic E-state index is 12.9. The zero-order valence-electron chi connectivity index (χ0n) is 17.6. The second-order valence-electron chi connectivity index (χ2n) is 8.17. The molecule has 1 aromatic heterocycles. The Kier molecular flexibility index (Phi) is 5.30. The number of hydrogen-bond donors (Lipinski definition) is 2. The number of nitrogens with one attached hydrogen (secondary N) is 2. The summed E-state index contributed by atoms with van der Waals surface area (Å²) in [6.45, 7) is 1.87. The van der Waals surface area contributed by atoms with Gasteiger partial charge in [0.25, 0.3) is 5.91 Å². The topological polar surface area (TPSA) is 70.2 Å². The Hall–Kier alpha value is -3.38. The molecule has 1 fully saturated rings. The first-order valence-electron chi connectivity index (χ1n) is 10.8. The van der Waals surface area contributed by atoms with E-state index < -0.39 is 0 Å². The predicted octanol–water partition coefficient (Wildman–Crippen LogP) is 4.83. The van der Waals surface area contributed by atoms with Gasteiger partial charge < -0.3 is 15.0 Å². The smallest absolute Gasteiger partial charge is 0.257 e. The molecule has 1 atom stereocenters. The molecular formula is C25H26N4O2. The van der Waals surface area contributed by atoms with Gasteiger partial charge in [-0.2, -0.15) is 5.10 Å². The Morgan fingerprint density at radius 3 is 2.90 bits per heavy atom. The van der Waals surface area contributed by atoms with Crippen molar-refractivity contribution in [2.75, 3.05) is 25.5 Å². The number of hydrogen-bond acceptors (Lipinski definition) is 4. The average Bonchev–Trinajstić information content (AvgIpc) is 3.39. The lowest BCUT2D eigenvalue weighted by Gasteiger charge is -2.19. The van der Waals surface area contributed by atoms with E-state index in [0.29, 0.717) is 24.0 Å². The standard InChI is InChI=1S/C25H26N4O2/c1-29-14-5-8-18(29)13-15-31-19-11-12-22-23(16-19)27-28-24(22)26-25(30)21-10-4-7-17-6-2-3-9-20(17)21/h2-4,6-7,9-12,16,18H,5,8,13-15H2,1H3,(H2,26,27,28,30). The van der Waals surface area contributed by atoms with Gasteiger partial charge in [0.15, 0.2) is 5.82 Å². The highest BCUT2D eigenvalue weighted by atomic mass is 16.5. The van der Waals surface area contributed by atoms with Crippen LogP contribution in [0.5, 0.6) is 5.75 Å². The molecule has 3 aromatic carbocycles. The number of fused-ring (bicyclic) bond motifs is 2. The van der Waals surface area contributed by atoms with Crippen LogP contribution in [0.25, 0.3) is 21.7 Å². The minimum Gasteiger partial charge on any atom is -0.493 e. The highest BCUT2D eigenvalue weighted by Crippen LogP contribution is 2.27. The first kappa shape index (κ1) is 19.6. The highest BCUT2D eigenvalue weighted by molar-refractivity contribution is 6.14. The monoisotopic (exact) mass is 414 g/mol. The molecule has 5 rings (SSSR count). The zero-order chi connectivity index (χ0) is 21.2. The molecule has 0 bridgehead atoms. The summed E-state index contributed by atoms with van der Waals surface area (Å²) in [7, 11) is 2.18. The summed E-state index contributed by atoms with van der Waals surface area (Å²) in [6.07, 6.45) is 3.55. The number of amides is 1. The molecule has 158 valence electrons. The molecule has 31 heavy (non-hydrogen) atoms. The van der Waals surface area contributed by atoms with E-state index in [2.05, 4.69) is 27.5 Å². The number of H-pyrrole nitrogens is 1. The summed E-state index contributed by atoms with van der Waals surface area (Å²) in [5.74, 6) is 1.15. The van der Waals surface area contributed by atoms with Crippen LogP contribution in [-0.4, -0.2) is 47.2 Å². The van der Waals surface area contributed by atoms with E-state index in [0.717, 1.165) is 33.8 Å². The molecule has 0 aliphatic carbocycles. The van der Waals surface area contributed by atoms with Gasteiger partial charge in [-0.1, -0.05) is 36.4 Å². The largest absolute Gasteiger partial charge is 0.493 e. The van der Waals surface area contributed by atoms with Crippen LogP contribution in [0.2, 0.25) is 0 Å². The van der Waals surface area contributed by atoms with Crippen molar-refractivity contribution in [2.45, 2.75) is 25.3 Å². The Balaban J connectivity index is 1.29. The Labute approximate surface area is 181 Å². The van der Waals surface area contributed by atoms with E-state index in [-0.39, 0.29) is 5.91 Å². The van der Waals surface area contributed by atoms with E-state index in [1.165, 1.54) is 19.4 Å². The van der Waals surface area contributed by atoms with Crippen molar-refractivity contribution in [3.05, 3.63) is 66.2 Å². The van der Waals surface area contributed by atoms with Gasteiger partial charge in [-0.3, -0.25) is 9.89 Å². The SMILES string of the molecule is CN1CCCC1CCOc1ccc2c(NC(=O)c3cccc4ccccc34)n[nH]c2c1. The Morgan fingerprint density at radius 1 is 1.16 bits per heavy atom. The molecule has 0 spiro atoms.